The van der Waals surface area contributed by atoms with E-state index >= 15 is 0 Å². The molecule has 1 N–H and O–H groups in total. The maximum absolute atomic E-state index is 12.7. The van der Waals surface area contributed by atoms with Gasteiger partial charge in [0, 0.05) is 19.2 Å². The van der Waals surface area contributed by atoms with E-state index in [-0.39, 0.29) is 11.8 Å². The molecule has 0 spiro atoms. The van der Waals surface area contributed by atoms with Crippen LogP contribution in [-0.2, 0) is 11.3 Å². The van der Waals surface area contributed by atoms with Crippen LogP contribution in [0.4, 0.5) is 11.4 Å². The Morgan fingerprint density at radius 3 is 2.63 bits per heavy atom. The summed E-state index contributed by atoms with van der Waals surface area (Å²) in [6, 6.07) is 17.3. The lowest BCUT2D eigenvalue weighted by atomic mass is 10.2. The fraction of sp³-hybridized carbons (Fsp3) is 0.190. The monoisotopic (exact) mass is 360 g/mol. The van der Waals surface area contributed by atoms with Crippen LogP contribution in [0.5, 0.6) is 0 Å². The molecule has 1 saturated heterocycles. The number of nitrogens with zero attached hydrogens (tertiary/aromatic N) is 3. The van der Waals surface area contributed by atoms with Crippen molar-refractivity contribution in [2.24, 2.45) is 0 Å². The number of anilines is 2. The lowest BCUT2D eigenvalue weighted by molar-refractivity contribution is -0.117. The summed E-state index contributed by atoms with van der Waals surface area (Å²) in [5.74, 6) is -0.152. The zero-order chi connectivity index (χ0) is 18.6. The summed E-state index contributed by atoms with van der Waals surface area (Å²) >= 11 is 0. The molecule has 2 heterocycles. The molecule has 2 amide bonds. The van der Waals surface area contributed by atoms with Gasteiger partial charge < -0.3 is 10.2 Å². The Morgan fingerprint density at radius 2 is 1.85 bits per heavy atom. The minimum Gasteiger partial charge on any atom is -0.320 e. The first-order valence-corrected chi connectivity index (χ1v) is 8.98. The number of carbonyl (C=O) groups excluding carboxylic acids is 2. The van der Waals surface area contributed by atoms with Gasteiger partial charge >= 0.3 is 0 Å². The van der Waals surface area contributed by atoms with Crippen molar-refractivity contribution < 1.29 is 9.59 Å². The van der Waals surface area contributed by atoms with Gasteiger partial charge in [-0.05, 0) is 24.1 Å². The molecule has 2 aromatic carbocycles. The zero-order valence-electron chi connectivity index (χ0n) is 14.8. The molecular weight excluding hydrogens is 340 g/mol. The predicted molar refractivity (Wildman–Crippen MR) is 104 cm³/mol. The standard InChI is InChI=1S/C21H20N4O2/c26-20-11-6-12-25(20)19-10-5-4-9-18(19)23-21(27)17-13-22-24(15-17)14-16-7-2-1-3-8-16/h1-5,7-10,13,15H,6,11-12,14H2,(H,23,27). The topological polar surface area (TPSA) is 67.2 Å². The first-order chi connectivity index (χ1) is 13.2. The van der Waals surface area contributed by atoms with Gasteiger partial charge in [-0.1, -0.05) is 42.5 Å². The summed E-state index contributed by atoms with van der Waals surface area (Å²) in [5.41, 5.74) is 2.97. The number of hydrogen-bond acceptors (Lipinski definition) is 3. The van der Waals surface area contributed by atoms with Crippen molar-refractivity contribution in [1.82, 2.24) is 9.78 Å². The lowest BCUT2D eigenvalue weighted by Gasteiger charge is -2.19. The third-order valence-corrected chi connectivity index (χ3v) is 4.60. The van der Waals surface area contributed by atoms with Crippen molar-refractivity contribution in [1.29, 1.82) is 0 Å². The molecular formula is C21H20N4O2. The van der Waals surface area contributed by atoms with E-state index in [4.69, 9.17) is 0 Å². The Labute approximate surface area is 157 Å². The first-order valence-electron chi connectivity index (χ1n) is 8.98. The molecule has 3 aromatic rings. The number of hydrogen-bond donors (Lipinski definition) is 1. The van der Waals surface area contributed by atoms with Gasteiger partial charge in [0.05, 0.1) is 29.7 Å². The molecule has 6 nitrogen and oxygen atoms in total. The van der Waals surface area contributed by atoms with Crippen LogP contribution in [0.15, 0.2) is 67.0 Å². The SMILES string of the molecule is O=C(Nc1ccccc1N1CCCC1=O)c1cnn(Cc2ccccc2)c1. The smallest absolute Gasteiger partial charge is 0.258 e. The Balaban J connectivity index is 1.49. The number of carbonyl (C=O) groups is 2. The summed E-state index contributed by atoms with van der Waals surface area (Å²) in [6.07, 6.45) is 4.68. The number of benzene rings is 2. The summed E-state index contributed by atoms with van der Waals surface area (Å²) in [4.78, 5) is 26.5. The third-order valence-electron chi connectivity index (χ3n) is 4.60. The van der Waals surface area contributed by atoms with Crippen molar-refractivity contribution in [2.45, 2.75) is 19.4 Å². The quantitative estimate of drug-likeness (QED) is 0.759. The van der Waals surface area contributed by atoms with Crippen LogP contribution >= 0.6 is 0 Å². The van der Waals surface area contributed by atoms with E-state index in [1.54, 1.807) is 22.0 Å². The Bertz CT molecular complexity index is 965. The normalized spacial score (nSPS) is 13.8. The van der Waals surface area contributed by atoms with Crippen LogP contribution in [-0.4, -0.2) is 28.1 Å². The van der Waals surface area contributed by atoms with Crippen molar-refractivity contribution in [2.75, 3.05) is 16.8 Å². The second kappa shape index (κ2) is 7.45. The summed E-state index contributed by atoms with van der Waals surface area (Å²) in [6.45, 7) is 1.29. The maximum Gasteiger partial charge on any atom is 0.258 e. The van der Waals surface area contributed by atoms with Gasteiger partial charge in [0.25, 0.3) is 5.91 Å². The molecule has 1 aliphatic heterocycles. The molecule has 0 atom stereocenters. The second-order valence-corrected chi connectivity index (χ2v) is 6.53. The zero-order valence-corrected chi connectivity index (χ0v) is 14.8. The predicted octanol–water partition coefficient (Wildman–Crippen LogP) is 3.31. The van der Waals surface area contributed by atoms with Crippen LogP contribution in [0.2, 0.25) is 0 Å². The average Bonchev–Trinajstić information content (AvgIpc) is 3.32. The highest BCUT2D eigenvalue weighted by atomic mass is 16.2. The Morgan fingerprint density at radius 1 is 1.07 bits per heavy atom. The van der Waals surface area contributed by atoms with E-state index < -0.39 is 0 Å². The van der Waals surface area contributed by atoms with Gasteiger partial charge in [-0.25, -0.2) is 0 Å². The van der Waals surface area contributed by atoms with Crippen molar-refractivity contribution in [3.63, 3.8) is 0 Å². The highest BCUT2D eigenvalue weighted by Crippen LogP contribution is 2.29. The third kappa shape index (κ3) is 3.74. The number of amides is 2. The van der Waals surface area contributed by atoms with Gasteiger partial charge in [-0.3, -0.25) is 14.3 Å². The number of rotatable bonds is 5. The summed E-state index contributed by atoms with van der Waals surface area (Å²) < 4.78 is 1.74. The Kier molecular flexibility index (Phi) is 4.70. The molecule has 1 aromatic heterocycles. The van der Waals surface area contributed by atoms with Crippen LogP contribution in [0.3, 0.4) is 0 Å². The molecule has 1 aliphatic rings. The summed E-state index contributed by atoms with van der Waals surface area (Å²) in [5, 5.41) is 7.19. The molecule has 6 heteroatoms. The molecule has 0 bridgehead atoms. The summed E-state index contributed by atoms with van der Waals surface area (Å²) in [7, 11) is 0. The number of aromatic nitrogens is 2. The highest BCUT2D eigenvalue weighted by Gasteiger charge is 2.24. The minimum absolute atomic E-state index is 0.0902. The fourth-order valence-electron chi connectivity index (χ4n) is 3.25. The fourth-order valence-corrected chi connectivity index (χ4v) is 3.25. The van der Waals surface area contributed by atoms with E-state index in [0.29, 0.717) is 30.8 Å². The van der Waals surface area contributed by atoms with E-state index in [1.807, 2.05) is 54.6 Å². The van der Waals surface area contributed by atoms with Crippen LogP contribution < -0.4 is 10.2 Å². The van der Waals surface area contributed by atoms with Crippen molar-refractivity contribution in [3.8, 4) is 0 Å². The van der Waals surface area contributed by atoms with E-state index in [9.17, 15) is 9.59 Å². The molecule has 0 aliphatic carbocycles. The number of nitrogens with one attached hydrogen (secondary N) is 1. The van der Waals surface area contributed by atoms with Gasteiger partial charge in [0.2, 0.25) is 5.91 Å². The maximum atomic E-state index is 12.7. The van der Waals surface area contributed by atoms with Crippen LogP contribution in [0, 0.1) is 0 Å². The minimum atomic E-state index is -0.242. The average molecular weight is 360 g/mol. The molecule has 4 rings (SSSR count). The van der Waals surface area contributed by atoms with Gasteiger partial charge in [-0.15, -0.1) is 0 Å². The van der Waals surface area contributed by atoms with E-state index in [1.165, 1.54) is 0 Å². The van der Waals surface area contributed by atoms with E-state index in [2.05, 4.69) is 10.4 Å². The second-order valence-electron chi connectivity index (χ2n) is 6.53. The van der Waals surface area contributed by atoms with E-state index in [0.717, 1.165) is 17.7 Å². The molecule has 0 unspecified atom stereocenters. The van der Waals surface area contributed by atoms with Gasteiger partial charge in [0.1, 0.15) is 0 Å². The molecule has 27 heavy (non-hydrogen) atoms. The number of para-hydroxylation sites is 2. The van der Waals surface area contributed by atoms with Crippen molar-refractivity contribution in [3.05, 3.63) is 78.1 Å². The molecule has 1 fully saturated rings. The van der Waals surface area contributed by atoms with Gasteiger partial charge in [0.15, 0.2) is 0 Å². The van der Waals surface area contributed by atoms with Crippen LogP contribution in [0.1, 0.15) is 28.8 Å². The lowest BCUT2D eigenvalue weighted by Crippen LogP contribution is -2.25. The molecule has 0 radical (unpaired) electrons. The largest absolute Gasteiger partial charge is 0.320 e. The van der Waals surface area contributed by atoms with Crippen LogP contribution in [0.25, 0.3) is 0 Å². The van der Waals surface area contributed by atoms with Crippen molar-refractivity contribution >= 4 is 23.2 Å². The molecule has 136 valence electrons. The highest BCUT2D eigenvalue weighted by molar-refractivity contribution is 6.07. The van der Waals surface area contributed by atoms with Gasteiger partial charge in [-0.2, -0.15) is 5.10 Å². The Hall–Kier alpha value is -3.41. The first kappa shape index (κ1) is 17.0. The molecule has 0 saturated carbocycles.